The summed E-state index contributed by atoms with van der Waals surface area (Å²) in [5, 5.41) is 10.4. The highest BCUT2D eigenvalue weighted by atomic mass is 16.3. The lowest BCUT2D eigenvalue weighted by Gasteiger charge is -2.30. The van der Waals surface area contributed by atoms with Crippen LogP contribution in [-0.2, 0) is 0 Å². The second-order valence-corrected chi connectivity index (χ2v) is 6.46. The Kier molecular flexibility index (Phi) is 4.87. The van der Waals surface area contributed by atoms with E-state index in [0.29, 0.717) is 0 Å². The van der Waals surface area contributed by atoms with Gasteiger partial charge < -0.3 is 10.0 Å². The van der Waals surface area contributed by atoms with E-state index in [1.165, 1.54) is 57.9 Å². The molecule has 0 aromatic heterocycles. The van der Waals surface area contributed by atoms with Crippen LogP contribution in [0.15, 0.2) is 0 Å². The van der Waals surface area contributed by atoms with Gasteiger partial charge in [-0.3, -0.25) is 0 Å². The molecule has 2 heteroatoms. The monoisotopic (exact) mass is 239 g/mol. The fourth-order valence-corrected chi connectivity index (χ4v) is 3.65. The molecule has 100 valence electrons. The van der Waals surface area contributed by atoms with E-state index in [1.54, 1.807) is 0 Å². The second-order valence-electron chi connectivity index (χ2n) is 6.46. The third kappa shape index (κ3) is 4.26. The van der Waals surface area contributed by atoms with E-state index in [9.17, 15) is 5.11 Å². The van der Waals surface area contributed by atoms with Crippen LogP contribution in [-0.4, -0.2) is 35.7 Å². The van der Waals surface area contributed by atoms with Crippen LogP contribution in [0.5, 0.6) is 0 Å². The number of likely N-dealkylation sites (N-methyl/N-ethyl adjacent to an activating group) is 1. The smallest absolute Gasteiger partial charge is 0.0774 e. The van der Waals surface area contributed by atoms with Gasteiger partial charge in [-0.25, -0.2) is 0 Å². The van der Waals surface area contributed by atoms with E-state index in [2.05, 4.69) is 11.9 Å². The minimum Gasteiger partial charge on any atom is -0.389 e. The molecule has 2 nitrogen and oxygen atoms in total. The zero-order valence-corrected chi connectivity index (χ0v) is 11.5. The third-order valence-corrected chi connectivity index (χ3v) is 4.74. The summed E-state index contributed by atoms with van der Waals surface area (Å²) in [7, 11) is 2.18. The Morgan fingerprint density at radius 1 is 1.06 bits per heavy atom. The summed E-state index contributed by atoms with van der Waals surface area (Å²) in [5.74, 6) is 0.962. The maximum Gasteiger partial charge on any atom is 0.0774 e. The van der Waals surface area contributed by atoms with E-state index in [1.807, 2.05) is 0 Å². The fraction of sp³-hybridized carbons (Fsp3) is 1.00. The van der Waals surface area contributed by atoms with Crippen molar-refractivity contribution in [2.24, 2.45) is 5.92 Å². The SMILES string of the molecule is CN(CCC1CCCCC1)CC1(O)CCCC1. The molecule has 0 unspecified atom stereocenters. The Morgan fingerprint density at radius 3 is 2.35 bits per heavy atom. The van der Waals surface area contributed by atoms with Gasteiger partial charge in [0.2, 0.25) is 0 Å². The number of hydrogen-bond acceptors (Lipinski definition) is 2. The summed E-state index contributed by atoms with van der Waals surface area (Å²) in [6.07, 6.45) is 13.0. The first-order valence-electron chi connectivity index (χ1n) is 7.59. The van der Waals surface area contributed by atoms with E-state index in [4.69, 9.17) is 0 Å². The van der Waals surface area contributed by atoms with Gasteiger partial charge in [0.1, 0.15) is 0 Å². The molecule has 0 aromatic rings. The van der Waals surface area contributed by atoms with Crippen molar-refractivity contribution in [3.8, 4) is 0 Å². The lowest BCUT2D eigenvalue weighted by atomic mass is 9.87. The molecule has 0 aromatic carbocycles. The van der Waals surface area contributed by atoms with Gasteiger partial charge in [-0.2, -0.15) is 0 Å². The van der Waals surface area contributed by atoms with E-state index in [0.717, 1.165) is 25.3 Å². The average molecular weight is 239 g/mol. The van der Waals surface area contributed by atoms with Crippen molar-refractivity contribution >= 4 is 0 Å². The Labute approximate surface area is 106 Å². The molecular formula is C15H29NO. The number of nitrogens with zero attached hydrogens (tertiary/aromatic N) is 1. The van der Waals surface area contributed by atoms with Crippen molar-refractivity contribution < 1.29 is 5.11 Å². The Hall–Kier alpha value is -0.0800. The molecule has 2 fully saturated rings. The summed E-state index contributed by atoms with van der Waals surface area (Å²) in [4.78, 5) is 2.36. The average Bonchev–Trinajstić information content (AvgIpc) is 2.74. The van der Waals surface area contributed by atoms with Crippen LogP contribution in [0.3, 0.4) is 0 Å². The molecule has 0 amide bonds. The maximum absolute atomic E-state index is 10.4. The Balaban J connectivity index is 1.64. The van der Waals surface area contributed by atoms with Gasteiger partial charge in [-0.1, -0.05) is 44.9 Å². The Bertz CT molecular complexity index is 217. The zero-order valence-electron chi connectivity index (χ0n) is 11.5. The molecule has 2 rings (SSSR count). The van der Waals surface area contributed by atoms with Gasteiger partial charge in [-0.05, 0) is 38.8 Å². The standard InChI is InChI=1S/C15H29NO/c1-16(13-15(17)10-5-6-11-15)12-9-14-7-3-2-4-8-14/h14,17H,2-13H2,1H3. The third-order valence-electron chi connectivity index (χ3n) is 4.74. The number of hydrogen-bond donors (Lipinski definition) is 1. The summed E-state index contributed by atoms with van der Waals surface area (Å²) in [6, 6.07) is 0. The highest BCUT2D eigenvalue weighted by molar-refractivity contribution is 4.86. The summed E-state index contributed by atoms with van der Waals surface area (Å²) in [5.41, 5.74) is -0.360. The highest BCUT2D eigenvalue weighted by Crippen LogP contribution is 2.30. The summed E-state index contributed by atoms with van der Waals surface area (Å²) in [6.45, 7) is 2.06. The quantitative estimate of drug-likeness (QED) is 0.796. The predicted molar refractivity (Wildman–Crippen MR) is 72.1 cm³/mol. The predicted octanol–water partition coefficient (Wildman–Crippen LogP) is 3.19. The van der Waals surface area contributed by atoms with Gasteiger partial charge in [0.25, 0.3) is 0 Å². The van der Waals surface area contributed by atoms with Crippen molar-refractivity contribution in [2.75, 3.05) is 20.1 Å². The lowest BCUT2D eigenvalue weighted by molar-refractivity contribution is 0.0149. The molecule has 17 heavy (non-hydrogen) atoms. The molecule has 0 heterocycles. The van der Waals surface area contributed by atoms with Crippen molar-refractivity contribution in [1.82, 2.24) is 4.90 Å². The van der Waals surface area contributed by atoms with Crippen molar-refractivity contribution in [2.45, 2.75) is 69.8 Å². The first-order valence-corrected chi connectivity index (χ1v) is 7.59. The normalized spacial score (nSPS) is 25.6. The van der Waals surface area contributed by atoms with Gasteiger partial charge in [0.15, 0.2) is 0 Å². The molecular weight excluding hydrogens is 210 g/mol. The van der Waals surface area contributed by atoms with Crippen LogP contribution >= 0.6 is 0 Å². The second kappa shape index (κ2) is 6.19. The highest BCUT2D eigenvalue weighted by Gasteiger charge is 2.32. The molecule has 0 radical (unpaired) electrons. The van der Waals surface area contributed by atoms with Gasteiger partial charge in [0, 0.05) is 6.54 Å². The van der Waals surface area contributed by atoms with Crippen LogP contribution in [0.4, 0.5) is 0 Å². The topological polar surface area (TPSA) is 23.5 Å². The molecule has 0 spiro atoms. The molecule has 2 aliphatic rings. The summed E-state index contributed by atoms with van der Waals surface area (Å²) < 4.78 is 0. The Morgan fingerprint density at radius 2 is 1.71 bits per heavy atom. The van der Waals surface area contributed by atoms with Crippen LogP contribution in [0, 0.1) is 5.92 Å². The van der Waals surface area contributed by atoms with Crippen molar-refractivity contribution in [3.63, 3.8) is 0 Å². The van der Waals surface area contributed by atoms with E-state index >= 15 is 0 Å². The molecule has 2 aliphatic carbocycles. The van der Waals surface area contributed by atoms with Crippen LogP contribution in [0.1, 0.15) is 64.2 Å². The van der Waals surface area contributed by atoms with Crippen LogP contribution in [0.2, 0.25) is 0 Å². The zero-order chi connectivity index (χ0) is 12.1. The van der Waals surface area contributed by atoms with Crippen molar-refractivity contribution in [1.29, 1.82) is 0 Å². The van der Waals surface area contributed by atoms with Gasteiger partial charge in [-0.15, -0.1) is 0 Å². The first kappa shape index (κ1) is 13.4. The molecule has 0 saturated heterocycles. The van der Waals surface area contributed by atoms with E-state index in [-0.39, 0.29) is 5.60 Å². The van der Waals surface area contributed by atoms with Gasteiger partial charge >= 0.3 is 0 Å². The molecule has 2 saturated carbocycles. The van der Waals surface area contributed by atoms with Crippen LogP contribution in [0.25, 0.3) is 0 Å². The van der Waals surface area contributed by atoms with Gasteiger partial charge in [0.05, 0.1) is 5.60 Å². The summed E-state index contributed by atoms with van der Waals surface area (Å²) >= 11 is 0. The molecule has 0 atom stereocenters. The fourth-order valence-electron chi connectivity index (χ4n) is 3.65. The first-order chi connectivity index (χ1) is 8.18. The molecule has 0 bridgehead atoms. The minimum atomic E-state index is -0.360. The van der Waals surface area contributed by atoms with Crippen molar-refractivity contribution in [3.05, 3.63) is 0 Å². The number of aliphatic hydroxyl groups is 1. The number of rotatable bonds is 5. The minimum absolute atomic E-state index is 0.360. The largest absolute Gasteiger partial charge is 0.389 e. The molecule has 1 N–H and O–H groups in total. The van der Waals surface area contributed by atoms with Crippen LogP contribution < -0.4 is 0 Å². The lowest BCUT2D eigenvalue weighted by Crippen LogP contribution is -2.39. The maximum atomic E-state index is 10.4. The molecule has 0 aliphatic heterocycles. The van der Waals surface area contributed by atoms with E-state index < -0.39 is 0 Å².